The molecule has 0 aliphatic carbocycles. The lowest BCUT2D eigenvalue weighted by Crippen LogP contribution is -2.50. The van der Waals surface area contributed by atoms with Crippen molar-refractivity contribution in [3.05, 3.63) is 72.1 Å². The van der Waals surface area contributed by atoms with Crippen molar-refractivity contribution in [1.29, 1.82) is 0 Å². The van der Waals surface area contributed by atoms with E-state index in [1.54, 1.807) is 16.8 Å². The van der Waals surface area contributed by atoms with Gasteiger partial charge in [-0.1, -0.05) is 49.4 Å². The maximum atomic E-state index is 12.8. The summed E-state index contributed by atoms with van der Waals surface area (Å²) in [7, 11) is -3.48. The van der Waals surface area contributed by atoms with Crippen molar-refractivity contribution in [2.45, 2.75) is 37.3 Å². The Kier molecular flexibility index (Phi) is 5.38. The van der Waals surface area contributed by atoms with E-state index in [0.717, 1.165) is 11.3 Å². The number of rotatable bonds is 7. The Labute approximate surface area is 171 Å². The molecule has 2 heterocycles. The van der Waals surface area contributed by atoms with Crippen molar-refractivity contribution >= 4 is 10.0 Å². The zero-order chi connectivity index (χ0) is 20.4. The molecule has 3 aromatic rings. The van der Waals surface area contributed by atoms with Gasteiger partial charge < -0.3 is 4.74 Å². The topological polar surface area (TPSA) is 77.3 Å². The summed E-state index contributed by atoms with van der Waals surface area (Å²) in [6.45, 7) is 5.26. The van der Waals surface area contributed by atoms with Crippen LogP contribution in [0.4, 0.5) is 0 Å². The smallest absolute Gasteiger partial charge is 0.243 e. The molecule has 1 aliphatic heterocycles. The maximum Gasteiger partial charge on any atom is 0.243 e. The van der Waals surface area contributed by atoms with Crippen LogP contribution in [0.3, 0.4) is 0 Å². The summed E-state index contributed by atoms with van der Waals surface area (Å²) in [6.07, 6.45) is 1.81. The molecule has 0 atom stereocenters. The molecule has 0 unspecified atom stereocenters. The number of hydrogen-bond donors (Lipinski definition) is 0. The predicted octanol–water partition coefficient (Wildman–Crippen LogP) is 3.23. The van der Waals surface area contributed by atoms with E-state index in [1.165, 1.54) is 4.31 Å². The van der Waals surface area contributed by atoms with Crippen LogP contribution >= 0.6 is 0 Å². The molecule has 0 N–H and O–H groups in total. The first-order chi connectivity index (χ1) is 13.9. The highest BCUT2D eigenvalue weighted by Gasteiger charge is 2.38. The van der Waals surface area contributed by atoms with E-state index in [-0.39, 0.29) is 6.04 Å². The monoisotopic (exact) mass is 412 g/mol. The van der Waals surface area contributed by atoms with E-state index < -0.39 is 10.0 Å². The van der Waals surface area contributed by atoms with E-state index in [9.17, 15) is 8.42 Å². The van der Waals surface area contributed by atoms with Crippen LogP contribution in [0.25, 0.3) is 0 Å². The number of para-hydroxylation sites is 1. The number of ether oxygens (including phenoxy) is 1. The average molecular weight is 413 g/mol. The van der Waals surface area contributed by atoms with Gasteiger partial charge >= 0.3 is 0 Å². The molecular formula is C21H24N4O3S. The van der Waals surface area contributed by atoms with Crippen LogP contribution in [0.1, 0.15) is 37.1 Å². The largest absolute Gasteiger partial charge is 0.487 e. The van der Waals surface area contributed by atoms with Gasteiger partial charge in [0.25, 0.3) is 0 Å². The van der Waals surface area contributed by atoms with Gasteiger partial charge in [0.2, 0.25) is 10.0 Å². The second-order valence-corrected chi connectivity index (χ2v) is 9.43. The summed E-state index contributed by atoms with van der Waals surface area (Å²) in [5.41, 5.74) is 1.83. The summed E-state index contributed by atoms with van der Waals surface area (Å²) in [4.78, 5) is 0.330. The minimum absolute atomic E-state index is 0.0160. The second kappa shape index (κ2) is 7.96. The molecule has 29 heavy (non-hydrogen) atoms. The highest BCUT2D eigenvalue weighted by atomic mass is 32.2. The summed E-state index contributed by atoms with van der Waals surface area (Å²) in [5.74, 6) is 1.14. The third kappa shape index (κ3) is 4.18. The Balaban J connectivity index is 1.35. The Morgan fingerprint density at radius 2 is 1.76 bits per heavy atom. The van der Waals surface area contributed by atoms with Gasteiger partial charge in [-0.05, 0) is 35.7 Å². The van der Waals surface area contributed by atoms with Crippen LogP contribution in [-0.4, -0.2) is 40.8 Å². The molecule has 1 aromatic heterocycles. The molecule has 1 aliphatic rings. The van der Waals surface area contributed by atoms with Gasteiger partial charge in [0.15, 0.2) is 0 Å². The number of aromatic nitrogens is 3. The number of benzene rings is 2. The fraction of sp³-hybridized carbons (Fsp3) is 0.333. The summed E-state index contributed by atoms with van der Waals surface area (Å²) in [6, 6.07) is 16.6. The van der Waals surface area contributed by atoms with Crippen molar-refractivity contribution in [2.75, 3.05) is 13.1 Å². The first-order valence-electron chi connectivity index (χ1n) is 9.62. The van der Waals surface area contributed by atoms with Crippen LogP contribution in [0, 0.1) is 0 Å². The number of hydrogen-bond acceptors (Lipinski definition) is 5. The fourth-order valence-corrected chi connectivity index (χ4v) is 4.70. The summed E-state index contributed by atoms with van der Waals surface area (Å²) in [5, 5.41) is 8.26. The molecule has 0 bridgehead atoms. The lowest BCUT2D eigenvalue weighted by Gasteiger charge is -2.37. The molecule has 4 rings (SSSR count). The summed E-state index contributed by atoms with van der Waals surface area (Å²) < 4.78 is 34.5. The van der Waals surface area contributed by atoms with Crippen molar-refractivity contribution in [3.8, 4) is 5.75 Å². The molecule has 2 aromatic carbocycles. The average Bonchev–Trinajstić information content (AvgIpc) is 3.14. The van der Waals surface area contributed by atoms with Crippen LogP contribution < -0.4 is 4.74 Å². The van der Waals surface area contributed by atoms with Gasteiger partial charge in [-0.3, -0.25) is 0 Å². The van der Waals surface area contributed by atoms with E-state index in [1.807, 2.05) is 48.7 Å². The number of nitrogens with zero attached hydrogens (tertiary/aromatic N) is 4. The van der Waals surface area contributed by atoms with Gasteiger partial charge in [0, 0.05) is 13.1 Å². The summed E-state index contributed by atoms with van der Waals surface area (Å²) >= 11 is 0. The Hall–Kier alpha value is -2.71. The molecule has 0 spiro atoms. The van der Waals surface area contributed by atoms with Crippen LogP contribution in [0.15, 0.2) is 65.7 Å². The molecule has 0 radical (unpaired) electrons. The molecule has 152 valence electrons. The van der Waals surface area contributed by atoms with Gasteiger partial charge in [-0.25, -0.2) is 13.1 Å². The quantitative estimate of drug-likeness (QED) is 0.595. The van der Waals surface area contributed by atoms with Crippen molar-refractivity contribution in [2.24, 2.45) is 0 Å². The van der Waals surface area contributed by atoms with Crippen molar-refractivity contribution in [3.63, 3.8) is 0 Å². The molecule has 0 amide bonds. The Morgan fingerprint density at radius 1 is 1.07 bits per heavy atom. The van der Waals surface area contributed by atoms with Crippen molar-refractivity contribution < 1.29 is 13.2 Å². The van der Waals surface area contributed by atoms with Gasteiger partial charge in [0.05, 0.1) is 17.1 Å². The van der Waals surface area contributed by atoms with Crippen molar-refractivity contribution in [1.82, 2.24) is 19.3 Å². The molecule has 1 saturated heterocycles. The van der Waals surface area contributed by atoms with Gasteiger partial charge in [-0.15, -0.1) is 5.10 Å². The van der Waals surface area contributed by atoms with Crippen LogP contribution in [0.2, 0.25) is 0 Å². The normalized spacial score (nSPS) is 15.4. The first kappa shape index (κ1) is 19.6. The fourth-order valence-electron chi connectivity index (χ4n) is 3.19. The standard InChI is InChI=1S/C21H24N4O3S/c1-16(2)17-8-10-21(11-9-17)29(26,27)24-13-19(14-24)25-12-18(22-23-25)15-28-20-6-4-3-5-7-20/h3-12,16,19H,13-15H2,1-2H3. The highest BCUT2D eigenvalue weighted by molar-refractivity contribution is 7.89. The molecular weight excluding hydrogens is 388 g/mol. The second-order valence-electron chi connectivity index (χ2n) is 7.49. The minimum Gasteiger partial charge on any atom is -0.487 e. The Morgan fingerprint density at radius 3 is 2.41 bits per heavy atom. The lowest BCUT2D eigenvalue weighted by atomic mass is 10.0. The molecule has 8 heteroatoms. The van der Waals surface area contributed by atoms with E-state index in [2.05, 4.69) is 24.2 Å². The molecule has 0 saturated carbocycles. The van der Waals surface area contributed by atoms with Gasteiger partial charge in [0.1, 0.15) is 18.1 Å². The van der Waals surface area contributed by atoms with Crippen LogP contribution in [0.5, 0.6) is 5.75 Å². The third-order valence-electron chi connectivity index (χ3n) is 5.08. The highest BCUT2D eigenvalue weighted by Crippen LogP contribution is 2.28. The zero-order valence-corrected chi connectivity index (χ0v) is 17.3. The Bertz CT molecular complexity index is 1060. The van der Waals surface area contributed by atoms with Crippen LogP contribution in [-0.2, 0) is 16.6 Å². The SMILES string of the molecule is CC(C)c1ccc(S(=O)(=O)N2CC(n3cc(COc4ccccc4)nn3)C2)cc1. The minimum atomic E-state index is -3.48. The lowest BCUT2D eigenvalue weighted by molar-refractivity contribution is 0.189. The first-order valence-corrected chi connectivity index (χ1v) is 11.1. The zero-order valence-electron chi connectivity index (χ0n) is 16.5. The third-order valence-corrected chi connectivity index (χ3v) is 6.92. The van der Waals surface area contributed by atoms with E-state index in [4.69, 9.17) is 4.74 Å². The molecule has 7 nitrogen and oxygen atoms in total. The maximum absolute atomic E-state index is 12.8. The van der Waals surface area contributed by atoms with E-state index >= 15 is 0 Å². The van der Waals surface area contributed by atoms with E-state index in [0.29, 0.717) is 36.2 Å². The molecule has 1 fully saturated rings. The number of sulfonamides is 1. The van der Waals surface area contributed by atoms with Gasteiger partial charge in [-0.2, -0.15) is 4.31 Å². The predicted molar refractivity (Wildman–Crippen MR) is 109 cm³/mol.